The molecule has 1 aromatic carbocycles. The Hall–Kier alpha value is 0.670. The van der Waals surface area contributed by atoms with Crippen LogP contribution in [0.15, 0.2) is 30.3 Å². The Bertz CT molecular complexity index is 141. The molecule has 1 aromatic rings. The molecular weight excluding hydrogens is 321 g/mol. The topological polar surface area (TPSA) is 0 Å². The van der Waals surface area contributed by atoms with Crippen LogP contribution in [-0.4, -0.2) is 0 Å². The first kappa shape index (κ1) is 12.4. The van der Waals surface area contributed by atoms with Gasteiger partial charge in [-0.25, -0.2) is 0 Å². The Morgan fingerprint density at radius 1 is 0.889 bits per heavy atom. The fraction of sp³-hybridized carbons (Fsp3) is 0. The van der Waals surface area contributed by atoms with Crippen molar-refractivity contribution in [1.82, 2.24) is 0 Å². The van der Waals surface area contributed by atoms with E-state index in [1.807, 2.05) is 6.07 Å². The van der Waals surface area contributed by atoms with E-state index in [2.05, 4.69) is 24.3 Å². The number of rotatable bonds is 0. The van der Waals surface area contributed by atoms with Crippen LogP contribution in [0.25, 0.3) is 0 Å². The van der Waals surface area contributed by atoms with E-state index in [9.17, 15) is 0 Å². The molecule has 0 spiro atoms. The first-order valence-corrected chi connectivity index (χ1v) is 3.96. The van der Waals surface area contributed by atoms with Gasteiger partial charge in [-0.2, -0.15) is 0 Å². The Morgan fingerprint density at radius 3 is 1.56 bits per heavy atom. The summed E-state index contributed by atoms with van der Waals surface area (Å²) in [5.41, 5.74) is 0. The second-order valence-electron chi connectivity index (χ2n) is 1.37. The van der Waals surface area contributed by atoms with E-state index in [-0.39, 0.29) is 24.8 Å². The average Bonchev–Trinajstić information content (AvgIpc) is 1.69. The molecule has 0 unspecified atom stereocenters. The van der Waals surface area contributed by atoms with Crippen molar-refractivity contribution < 1.29 is 49.2 Å². The summed E-state index contributed by atoms with van der Waals surface area (Å²) in [4.78, 5) is 0. The average molecular weight is 327 g/mol. The Kier molecular flexibility index (Phi) is 9.32. The van der Waals surface area contributed by atoms with Gasteiger partial charge in [0, 0.05) is 0 Å². The molecule has 0 aliphatic heterocycles. The van der Waals surface area contributed by atoms with Gasteiger partial charge in [0.15, 0.2) is 0 Å². The summed E-state index contributed by atoms with van der Waals surface area (Å²) in [5, 5.41) is 0. The van der Waals surface area contributed by atoms with Gasteiger partial charge in [-0.3, -0.25) is 0 Å². The Labute approximate surface area is 82.4 Å². The molecule has 0 atom stereocenters. The summed E-state index contributed by atoms with van der Waals surface area (Å²) in [5.74, 6) is 0. The fourth-order valence-electron chi connectivity index (χ4n) is 0.438. The maximum absolute atomic E-state index is 2.15. The third-order valence-corrected chi connectivity index (χ3v) is 1.97. The van der Waals surface area contributed by atoms with E-state index in [1.54, 1.807) is 0 Å². The molecule has 0 radical (unpaired) electrons. The molecule has 0 aliphatic carbocycles. The van der Waals surface area contributed by atoms with Crippen LogP contribution in [0.1, 0.15) is 0 Å². The summed E-state index contributed by atoms with van der Waals surface area (Å²) in [6.07, 6.45) is 0. The minimum absolute atomic E-state index is 0. The predicted octanol–water partition coefficient (Wildman–Crippen LogP) is -5.13. The molecule has 0 aromatic heterocycles. The zero-order chi connectivity index (χ0) is 5.11. The molecule has 0 heterocycles. The summed E-state index contributed by atoms with van der Waals surface area (Å²) < 4.78 is 1.46. The number of benzene rings is 1. The molecule has 9 heavy (non-hydrogen) atoms. The predicted molar refractivity (Wildman–Crippen MR) is 26.1 cm³/mol. The Morgan fingerprint density at radius 2 is 1.33 bits per heavy atom. The SMILES string of the molecule is [Cl-].[Cl-].[Hf+2][c]1ccccc1. The van der Waals surface area contributed by atoms with E-state index in [0.29, 0.717) is 0 Å². The first-order valence-electron chi connectivity index (χ1n) is 2.16. The van der Waals surface area contributed by atoms with Gasteiger partial charge in [-0.15, -0.1) is 0 Å². The number of hydrogen-bond acceptors (Lipinski definition) is 0. The molecule has 3 heteroatoms. The molecule has 0 aliphatic rings. The molecule has 47 valence electrons. The van der Waals surface area contributed by atoms with Crippen LogP contribution in [0.3, 0.4) is 0 Å². The van der Waals surface area contributed by atoms with Crippen LogP contribution >= 0.6 is 0 Å². The summed E-state index contributed by atoms with van der Waals surface area (Å²) in [7, 11) is 0. The van der Waals surface area contributed by atoms with Crippen LogP contribution in [0, 0.1) is 0 Å². The number of hydrogen-bond donors (Lipinski definition) is 0. The summed E-state index contributed by atoms with van der Waals surface area (Å²) in [6, 6.07) is 10.5. The molecule has 1 rings (SSSR count). The second kappa shape index (κ2) is 6.79. The van der Waals surface area contributed by atoms with Gasteiger partial charge in [-0.05, 0) is 0 Å². The first-order chi connectivity index (χ1) is 3.39. The minimum atomic E-state index is 0. The quantitative estimate of drug-likeness (QED) is 0.419. The fourth-order valence-corrected chi connectivity index (χ4v) is 1.13. The van der Waals surface area contributed by atoms with E-state index >= 15 is 0 Å². The monoisotopic (exact) mass is 327 g/mol. The van der Waals surface area contributed by atoms with Crippen LogP contribution in [-0.2, 0) is 24.4 Å². The van der Waals surface area contributed by atoms with Crippen LogP contribution in [0.2, 0.25) is 0 Å². The van der Waals surface area contributed by atoms with E-state index < -0.39 is 0 Å². The van der Waals surface area contributed by atoms with Crippen LogP contribution in [0.5, 0.6) is 0 Å². The van der Waals surface area contributed by atoms with Crippen molar-refractivity contribution in [1.29, 1.82) is 0 Å². The van der Waals surface area contributed by atoms with Crippen LogP contribution < -0.4 is 28.1 Å². The summed E-state index contributed by atoms with van der Waals surface area (Å²) >= 11 is 1.17. The van der Waals surface area contributed by atoms with Crippen molar-refractivity contribution in [3.63, 3.8) is 0 Å². The molecule has 0 fully saturated rings. The molecule has 0 N–H and O–H groups in total. The summed E-state index contributed by atoms with van der Waals surface area (Å²) in [6.45, 7) is 0. The van der Waals surface area contributed by atoms with Gasteiger partial charge in [-0.1, -0.05) is 0 Å². The normalized spacial score (nSPS) is 6.89. The van der Waals surface area contributed by atoms with Gasteiger partial charge in [0.2, 0.25) is 0 Å². The third-order valence-electron chi connectivity index (χ3n) is 0.774. The molecule has 0 saturated heterocycles. The number of halogens is 2. The molecule has 0 nitrogen and oxygen atoms in total. The van der Waals surface area contributed by atoms with Gasteiger partial charge in [0.05, 0.1) is 0 Å². The van der Waals surface area contributed by atoms with Gasteiger partial charge in [0.1, 0.15) is 0 Å². The maximum atomic E-state index is 2.15. The molecule has 0 amide bonds. The van der Waals surface area contributed by atoms with Gasteiger partial charge in [0.25, 0.3) is 0 Å². The molecule has 0 saturated carbocycles. The zero-order valence-corrected chi connectivity index (χ0v) is 9.75. The van der Waals surface area contributed by atoms with Gasteiger partial charge < -0.3 is 24.8 Å². The Balaban J connectivity index is 0. The van der Waals surface area contributed by atoms with Crippen molar-refractivity contribution in [2.45, 2.75) is 0 Å². The zero-order valence-electron chi connectivity index (χ0n) is 4.64. The molecule has 0 bridgehead atoms. The van der Waals surface area contributed by atoms with E-state index in [0.717, 1.165) is 0 Å². The van der Waals surface area contributed by atoms with Crippen molar-refractivity contribution in [2.75, 3.05) is 0 Å². The van der Waals surface area contributed by atoms with Crippen LogP contribution in [0.4, 0.5) is 0 Å². The standard InChI is InChI=1S/C6H5.2ClH.Hf/c1-2-4-6-5-3-1;;;/h1-5H;2*1H;/q;;;+2/p-2. The van der Waals surface area contributed by atoms with E-state index in [1.165, 1.54) is 27.7 Å². The van der Waals surface area contributed by atoms with Crippen molar-refractivity contribution in [3.05, 3.63) is 30.3 Å². The van der Waals surface area contributed by atoms with Crippen molar-refractivity contribution in [2.24, 2.45) is 0 Å². The molecular formula is C6H5Cl2Hf. The van der Waals surface area contributed by atoms with E-state index in [4.69, 9.17) is 0 Å². The van der Waals surface area contributed by atoms with Gasteiger partial charge >= 0.3 is 58.0 Å². The third kappa shape index (κ3) is 5.13. The van der Waals surface area contributed by atoms with Crippen molar-refractivity contribution >= 4 is 3.32 Å². The van der Waals surface area contributed by atoms with Crippen molar-refractivity contribution in [3.8, 4) is 0 Å². The second-order valence-corrected chi connectivity index (χ2v) is 3.44.